The lowest BCUT2D eigenvalue weighted by atomic mass is 10.4. The van der Waals surface area contributed by atoms with Gasteiger partial charge in [-0.25, -0.2) is 15.0 Å². The quantitative estimate of drug-likeness (QED) is 0.796. The number of anilines is 1. The maximum Gasteiger partial charge on any atom is 0.224 e. The molecule has 0 unspecified atom stereocenters. The lowest BCUT2D eigenvalue weighted by molar-refractivity contribution is 0.918. The number of nitrogens with one attached hydrogen (secondary N) is 2. The van der Waals surface area contributed by atoms with E-state index < -0.39 is 0 Å². The van der Waals surface area contributed by atoms with Gasteiger partial charge in [-0.15, -0.1) is 0 Å². The third-order valence-corrected chi connectivity index (χ3v) is 2.22. The molecular weight excluding hydrogens is 226 g/mol. The molecule has 0 aromatic carbocycles. The van der Waals surface area contributed by atoms with Gasteiger partial charge in [0.2, 0.25) is 5.28 Å². The smallest absolute Gasteiger partial charge is 0.224 e. The molecule has 0 amide bonds. The lowest BCUT2D eigenvalue weighted by Gasteiger charge is -2.05. The zero-order valence-corrected chi connectivity index (χ0v) is 9.62. The van der Waals surface area contributed by atoms with Gasteiger partial charge in [0.15, 0.2) is 0 Å². The monoisotopic (exact) mass is 237 g/mol. The Morgan fingerprint density at radius 2 is 2.31 bits per heavy atom. The molecule has 2 aromatic heterocycles. The Kier molecular flexibility index (Phi) is 3.36. The summed E-state index contributed by atoms with van der Waals surface area (Å²) in [5, 5.41) is 3.43. The molecule has 16 heavy (non-hydrogen) atoms. The number of aryl methyl sites for hydroxylation is 1. The first-order valence-electron chi connectivity index (χ1n) is 4.97. The van der Waals surface area contributed by atoms with Gasteiger partial charge in [0.05, 0.1) is 0 Å². The second kappa shape index (κ2) is 4.94. The van der Waals surface area contributed by atoms with Crippen molar-refractivity contribution in [2.45, 2.75) is 13.3 Å². The zero-order chi connectivity index (χ0) is 11.4. The van der Waals surface area contributed by atoms with Gasteiger partial charge in [0, 0.05) is 37.1 Å². The van der Waals surface area contributed by atoms with Gasteiger partial charge in [0.1, 0.15) is 11.6 Å². The lowest BCUT2D eigenvalue weighted by Crippen LogP contribution is -2.08. The second-order valence-corrected chi connectivity index (χ2v) is 3.71. The summed E-state index contributed by atoms with van der Waals surface area (Å²) in [4.78, 5) is 15.2. The van der Waals surface area contributed by atoms with Crippen molar-refractivity contribution in [2.24, 2.45) is 0 Å². The van der Waals surface area contributed by atoms with E-state index in [0.29, 0.717) is 0 Å². The normalized spacial score (nSPS) is 10.4. The highest BCUT2D eigenvalue weighted by Gasteiger charge is 2.00. The second-order valence-electron chi connectivity index (χ2n) is 3.38. The van der Waals surface area contributed by atoms with Crippen LogP contribution in [0.4, 0.5) is 5.82 Å². The van der Waals surface area contributed by atoms with Crippen molar-refractivity contribution in [3.05, 3.63) is 35.3 Å². The molecule has 0 aliphatic heterocycles. The Labute approximate surface area is 98.3 Å². The summed E-state index contributed by atoms with van der Waals surface area (Å²) in [5.74, 6) is 1.69. The van der Waals surface area contributed by atoms with Crippen LogP contribution in [-0.2, 0) is 6.42 Å². The molecule has 0 bridgehead atoms. The van der Waals surface area contributed by atoms with E-state index >= 15 is 0 Å². The van der Waals surface area contributed by atoms with E-state index in [1.165, 1.54) is 0 Å². The van der Waals surface area contributed by atoms with Crippen LogP contribution in [0.15, 0.2) is 18.5 Å². The summed E-state index contributed by atoms with van der Waals surface area (Å²) in [6.07, 6.45) is 4.36. The van der Waals surface area contributed by atoms with E-state index in [2.05, 4.69) is 25.3 Å². The van der Waals surface area contributed by atoms with Crippen LogP contribution >= 0.6 is 11.6 Å². The van der Waals surface area contributed by atoms with Crippen molar-refractivity contribution < 1.29 is 0 Å². The average molecular weight is 238 g/mol. The maximum atomic E-state index is 5.75. The van der Waals surface area contributed by atoms with Gasteiger partial charge in [-0.1, -0.05) is 0 Å². The Hall–Kier alpha value is -1.62. The van der Waals surface area contributed by atoms with Crippen LogP contribution in [0.1, 0.15) is 11.5 Å². The molecule has 0 saturated carbocycles. The summed E-state index contributed by atoms with van der Waals surface area (Å²) >= 11 is 5.75. The first kappa shape index (κ1) is 10.9. The molecule has 0 fully saturated rings. The Balaban J connectivity index is 1.89. The molecule has 2 aromatic rings. The number of aromatic nitrogens is 4. The van der Waals surface area contributed by atoms with Crippen LogP contribution in [0, 0.1) is 6.92 Å². The fourth-order valence-electron chi connectivity index (χ4n) is 1.37. The molecule has 0 aliphatic rings. The van der Waals surface area contributed by atoms with E-state index in [4.69, 9.17) is 11.6 Å². The van der Waals surface area contributed by atoms with Crippen molar-refractivity contribution >= 4 is 17.4 Å². The molecule has 2 heterocycles. The molecule has 0 atom stereocenters. The number of hydrogen-bond donors (Lipinski definition) is 2. The minimum Gasteiger partial charge on any atom is -0.369 e. The van der Waals surface area contributed by atoms with Crippen molar-refractivity contribution in [1.29, 1.82) is 0 Å². The van der Waals surface area contributed by atoms with Crippen LogP contribution in [0.5, 0.6) is 0 Å². The molecular formula is C10H12ClN5. The van der Waals surface area contributed by atoms with Crippen LogP contribution in [0.2, 0.25) is 5.28 Å². The highest BCUT2D eigenvalue weighted by atomic mass is 35.5. The fourth-order valence-corrected chi connectivity index (χ4v) is 1.59. The van der Waals surface area contributed by atoms with Crippen LogP contribution in [0.3, 0.4) is 0 Å². The topological polar surface area (TPSA) is 66.5 Å². The molecule has 6 heteroatoms. The predicted molar refractivity (Wildman–Crippen MR) is 62.6 cm³/mol. The van der Waals surface area contributed by atoms with Crippen molar-refractivity contribution in [1.82, 2.24) is 19.9 Å². The van der Waals surface area contributed by atoms with Gasteiger partial charge in [0.25, 0.3) is 0 Å². The fraction of sp³-hybridized carbons (Fsp3) is 0.300. The number of rotatable bonds is 4. The highest BCUT2D eigenvalue weighted by molar-refractivity contribution is 6.28. The average Bonchev–Trinajstić information content (AvgIpc) is 2.69. The first-order valence-corrected chi connectivity index (χ1v) is 5.35. The van der Waals surface area contributed by atoms with E-state index in [1.54, 1.807) is 12.4 Å². The number of imidazole rings is 1. The summed E-state index contributed by atoms with van der Waals surface area (Å²) in [5.41, 5.74) is 0.848. The number of nitrogens with zero attached hydrogens (tertiary/aromatic N) is 3. The summed E-state index contributed by atoms with van der Waals surface area (Å²) < 4.78 is 0. The van der Waals surface area contributed by atoms with E-state index in [1.807, 2.05) is 13.0 Å². The minimum atomic E-state index is 0.264. The Morgan fingerprint density at radius 3 is 3.00 bits per heavy atom. The third-order valence-electron chi connectivity index (χ3n) is 2.05. The van der Waals surface area contributed by atoms with Gasteiger partial charge in [-0.3, -0.25) is 0 Å². The standard InChI is InChI=1S/C10H12ClN5/c1-7-6-9(16-10(11)15-7)12-3-2-8-13-4-5-14-8/h4-6H,2-3H2,1H3,(H,13,14)(H,12,15,16). The molecule has 2 N–H and O–H groups in total. The number of H-pyrrole nitrogens is 1. The van der Waals surface area contributed by atoms with Gasteiger partial charge >= 0.3 is 0 Å². The van der Waals surface area contributed by atoms with Crippen LogP contribution < -0.4 is 5.32 Å². The summed E-state index contributed by atoms with van der Waals surface area (Å²) in [6.45, 7) is 2.63. The van der Waals surface area contributed by atoms with E-state index in [-0.39, 0.29) is 5.28 Å². The molecule has 0 aliphatic carbocycles. The Morgan fingerprint density at radius 1 is 1.44 bits per heavy atom. The maximum absolute atomic E-state index is 5.75. The van der Waals surface area contributed by atoms with Gasteiger partial charge < -0.3 is 10.3 Å². The number of hydrogen-bond acceptors (Lipinski definition) is 4. The summed E-state index contributed by atoms with van der Waals surface area (Å²) in [6, 6.07) is 1.86. The minimum absolute atomic E-state index is 0.264. The first-order chi connectivity index (χ1) is 7.74. The van der Waals surface area contributed by atoms with Crippen molar-refractivity contribution in [3.8, 4) is 0 Å². The number of aromatic amines is 1. The van der Waals surface area contributed by atoms with E-state index in [0.717, 1.165) is 30.3 Å². The van der Waals surface area contributed by atoms with Crippen LogP contribution in [-0.4, -0.2) is 26.5 Å². The largest absolute Gasteiger partial charge is 0.369 e. The molecule has 0 radical (unpaired) electrons. The Bertz CT molecular complexity index is 434. The molecule has 2 rings (SSSR count). The predicted octanol–water partition coefficient (Wildman–Crippen LogP) is 1.82. The van der Waals surface area contributed by atoms with Gasteiger partial charge in [-0.05, 0) is 18.5 Å². The van der Waals surface area contributed by atoms with Crippen molar-refractivity contribution in [2.75, 3.05) is 11.9 Å². The molecule has 0 saturated heterocycles. The zero-order valence-electron chi connectivity index (χ0n) is 8.87. The number of halogens is 1. The summed E-state index contributed by atoms with van der Waals surface area (Å²) in [7, 11) is 0. The van der Waals surface area contributed by atoms with Crippen molar-refractivity contribution in [3.63, 3.8) is 0 Å². The molecule has 84 valence electrons. The van der Waals surface area contributed by atoms with Crippen LogP contribution in [0.25, 0.3) is 0 Å². The van der Waals surface area contributed by atoms with E-state index in [9.17, 15) is 0 Å². The highest BCUT2D eigenvalue weighted by Crippen LogP contribution is 2.09. The SMILES string of the molecule is Cc1cc(NCCc2ncc[nH]2)nc(Cl)n1. The molecule has 5 nitrogen and oxygen atoms in total. The van der Waals surface area contributed by atoms with Gasteiger partial charge in [-0.2, -0.15) is 0 Å². The third kappa shape index (κ3) is 2.93. The molecule has 0 spiro atoms.